The van der Waals surface area contributed by atoms with Gasteiger partial charge >= 0.3 is 0 Å². The fourth-order valence-electron chi connectivity index (χ4n) is 2.09. The summed E-state index contributed by atoms with van der Waals surface area (Å²) < 4.78 is 0. The van der Waals surface area contributed by atoms with Crippen LogP contribution in [0.3, 0.4) is 0 Å². The number of carbonyl (C=O) groups excluding carboxylic acids is 3. The molecule has 0 fully saturated rings. The minimum atomic E-state index is -0.258. The highest BCUT2D eigenvalue weighted by Crippen LogP contribution is 2.10. The highest BCUT2D eigenvalue weighted by molar-refractivity contribution is 6.30. The average molecular weight is 360 g/mol. The maximum Gasteiger partial charge on any atom is 0.251 e. The van der Waals surface area contributed by atoms with E-state index in [1.807, 2.05) is 0 Å². The van der Waals surface area contributed by atoms with Crippen LogP contribution in [0.1, 0.15) is 27.6 Å². The Balaban J connectivity index is 1.76. The first-order valence-electron chi connectivity index (χ1n) is 7.65. The molecule has 0 bridgehead atoms. The van der Waals surface area contributed by atoms with E-state index in [1.165, 1.54) is 6.92 Å². The summed E-state index contributed by atoms with van der Waals surface area (Å²) in [4.78, 5) is 34.9. The minimum Gasteiger partial charge on any atom is -0.350 e. The molecule has 0 atom stereocenters. The van der Waals surface area contributed by atoms with Gasteiger partial charge in [0.15, 0.2) is 0 Å². The molecule has 2 rings (SSSR count). The summed E-state index contributed by atoms with van der Waals surface area (Å²) in [6.45, 7) is 2.00. The van der Waals surface area contributed by atoms with Crippen molar-refractivity contribution < 1.29 is 14.4 Å². The molecular formula is C18H18ClN3O3. The van der Waals surface area contributed by atoms with E-state index in [1.54, 1.807) is 48.5 Å². The third kappa shape index (κ3) is 5.93. The third-order valence-corrected chi connectivity index (χ3v) is 3.49. The van der Waals surface area contributed by atoms with Gasteiger partial charge in [0, 0.05) is 41.9 Å². The molecule has 0 saturated heterocycles. The summed E-state index contributed by atoms with van der Waals surface area (Å²) in [5.41, 5.74) is 1.56. The van der Waals surface area contributed by atoms with Crippen LogP contribution >= 0.6 is 11.6 Å². The Labute approximate surface area is 150 Å². The molecule has 0 unspecified atom stereocenters. The number of benzene rings is 2. The van der Waals surface area contributed by atoms with Gasteiger partial charge in [-0.2, -0.15) is 0 Å². The molecule has 0 heterocycles. The number of hydrogen-bond acceptors (Lipinski definition) is 3. The Kier molecular flexibility index (Phi) is 6.54. The summed E-state index contributed by atoms with van der Waals surface area (Å²) in [5.74, 6) is -0.685. The maximum absolute atomic E-state index is 12.0. The van der Waals surface area contributed by atoms with Crippen molar-refractivity contribution >= 4 is 35.0 Å². The number of nitrogens with one attached hydrogen (secondary N) is 3. The van der Waals surface area contributed by atoms with Gasteiger partial charge in [0.2, 0.25) is 5.91 Å². The Bertz CT molecular complexity index is 775. The van der Waals surface area contributed by atoms with Crippen molar-refractivity contribution in [1.29, 1.82) is 0 Å². The van der Waals surface area contributed by atoms with Crippen molar-refractivity contribution in [2.75, 3.05) is 18.4 Å². The van der Waals surface area contributed by atoms with E-state index in [0.717, 1.165) is 0 Å². The lowest BCUT2D eigenvalue weighted by Gasteiger charge is -2.08. The van der Waals surface area contributed by atoms with Crippen molar-refractivity contribution in [1.82, 2.24) is 10.6 Å². The monoisotopic (exact) mass is 359 g/mol. The molecule has 7 heteroatoms. The quantitative estimate of drug-likeness (QED) is 0.692. The molecule has 6 nitrogen and oxygen atoms in total. The van der Waals surface area contributed by atoms with Crippen LogP contribution < -0.4 is 16.0 Å². The maximum atomic E-state index is 12.0. The van der Waals surface area contributed by atoms with Crippen LogP contribution in [0.15, 0.2) is 48.5 Å². The van der Waals surface area contributed by atoms with Gasteiger partial charge in [-0.15, -0.1) is 0 Å². The zero-order valence-corrected chi connectivity index (χ0v) is 14.4. The second kappa shape index (κ2) is 8.84. The first-order valence-corrected chi connectivity index (χ1v) is 8.03. The van der Waals surface area contributed by atoms with Crippen LogP contribution in [0, 0.1) is 0 Å². The molecule has 3 amide bonds. The van der Waals surface area contributed by atoms with E-state index < -0.39 is 0 Å². The van der Waals surface area contributed by atoms with Gasteiger partial charge in [-0.3, -0.25) is 14.4 Å². The fourth-order valence-corrected chi connectivity index (χ4v) is 2.28. The smallest absolute Gasteiger partial charge is 0.251 e. The molecule has 3 N–H and O–H groups in total. The fraction of sp³-hybridized carbons (Fsp3) is 0.167. The van der Waals surface area contributed by atoms with E-state index in [-0.39, 0.29) is 17.7 Å². The van der Waals surface area contributed by atoms with Crippen LogP contribution in [-0.4, -0.2) is 30.8 Å². The lowest BCUT2D eigenvalue weighted by molar-refractivity contribution is -0.114. The van der Waals surface area contributed by atoms with E-state index >= 15 is 0 Å². The lowest BCUT2D eigenvalue weighted by atomic mass is 10.2. The molecule has 0 spiro atoms. The van der Waals surface area contributed by atoms with E-state index in [2.05, 4.69) is 16.0 Å². The topological polar surface area (TPSA) is 87.3 Å². The van der Waals surface area contributed by atoms with Gasteiger partial charge in [-0.25, -0.2) is 0 Å². The number of rotatable bonds is 6. The molecule has 130 valence electrons. The predicted octanol–water partition coefficient (Wildman–Crippen LogP) is 2.46. The summed E-state index contributed by atoms with van der Waals surface area (Å²) in [6.07, 6.45) is 0. The Morgan fingerprint density at radius 2 is 1.48 bits per heavy atom. The lowest BCUT2D eigenvalue weighted by Crippen LogP contribution is -2.34. The molecule has 0 aliphatic heterocycles. The highest BCUT2D eigenvalue weighted by Gasteiger charge is 2.07. The number of carbonyl (C=O) groups is 3. The van der Waals surface area contributed by atoms with Crippen LogP contribution in [0.2, 0.25) is 5.02 Å². The summed E-state index contributed by atoms with van der Waals surface area (Å²) >= 11 is 5.84. The molecule has 0 saturated carbocycles. The third-order valence-electron chi connectivity index (χ3n) is 3.25. The van der Waals surface area contributed by atoms with Crippen LogP contribution in [-0.2, 0) is 4.79 Å². The van der Waals surface area contributed by atoms with Gasteiger partial charge in [0.1, 0.15) is 0 Å². The predicted molar refractivity (Wildman–Crippen MR) is 96.9 cm³/mol. The van der Waals surface area contributed by atoms with Crippen molar-refractivity contribution in [2.45, 2.75) is 6.92 Å². The van der Waals surface area contributed by atoms with Gasteiger partial charge in [-0.05, 0) is 42.5 Å². The van der Waals surface area contributed by atoms with Crippen molar-refractivity contribution in [2.24, 2.45) is 0 Å². The van der Waals surface area contributed by atoms with Gasteiger partial charge in [0.25, 0.3) is 11.8 Å². The second-order valence-corrected chi connectivity index (χ2v) is 5.72. The standard InChI is InChI=1S/C18H18ClN3O3/c1-12(23)22-16-7-5-13(6-8-16)17(24)20-9-10-21-18(25)14-3-2-4-15(19)11-14/h2-8,11H,9-10H2,1H3,(H,20,24)(H,21,25)(H,22,23). The van der Waals surface area contributed by atoms with Crippen molar-refractivity contribution in [3.63, 3.8) is 0 Å². The zero-order valence-electron chi connectivity index (χ0n) is 13.6. The number of hydrogen-bond donors (Lipinski definition) is 3. The zero-order chi connectivity index (χ0) is 18.2. The van der Waals surface area contributed by atoms with Crippen LogP contribution in [0.5, 0.6) is 0 Å². The number of halogens is 1. The van der Waals surface area contributed by atoms with E-state index in [4.69, 9.17) is 11.6 Å². The van der Waals surface area contributed by atoms with Gasteiger partial charge in [0.05, 0.1) is 0 Å². The molecular weight excluding hydrogens is 342 g/mol. The Hall–Kier alpha value is -2.86. The van der Waals surface area contributed by atoms with Gasteiger partial charge < -0.3 is 16.0 Å². The molecule has 2 aromatic rings. The Morgan fingerprint density at radius 1 is 0.880 bits per heavy atom. The molecule has 0 radical (unpaired) electrons. The van der Waals surface area contributed by atoms with Crippen molar-refractivity contribution in [3.05, 3.63) is 64.7 Å². The molecule has 25 heavy (non-hydrogen) atoms. The summed E-state index contributed by atoms with van der Waals surface area (Å²) in [7, 11) is 0. The molecule has 2 aromatic carbocycles. The minimum absolute atomic E-state index is 0.173. The first kappa shape index (κ1) is 18.5. The number of anilines is 1. The second-order valence-electron chi connectivity index (χ2n) is 5.28. The molecule has 0 aliphatic rings. The van der Waals surface area contributed by atoms with E-state index in [9.17, 15) is 14.4 Å². The first-order chi connectivity index (χ1) is 12.0. The normalized spacial score (nSPS) is 10.0. The molecule has 0 aliphatic carbocycles. The van der Waals surface area contributed by atoms with Crippen LogP contribution in [0.25, 0.3) is 0 Å². The number of amides is 3. The van der Waals surface area contributed by atoms with Crippen LogP contribution in [0.4, 0.5) is 5.69 Å². The van der Waals surface area contributed by atoms with Crippen molar-refractivity contribution in [3.8, 4) is 0 Å². The summed E-state index contributed by atoms with van der Waals surface area (Å²) in [6, 6.07) is 13.2. The summed E-state index contributed by atoms with van der Waals surface area (Å²) in [5, 5.41) is 8.53. The highest BCUT2D eigenvalue weighted by atomic mass is 35.5. The van der Waals surface area contributed by atoms with E-state index in [0.29, 0.717) is 34.9 Å². The Morgan fingerprint density at radius 3 is 2.04 bits per heavy atom. The molecule has 0 aromatic heterocycles. The SMILES string of the molecule is CC(=O)Nc1ccc(C(=O)NCCNC(=O)c2cccc(Cl)c2)cc1. The van der Waals surface area contributed by atoms with Gasteiger partial charge in [-0.1, -0.05) is 17.7 Å². The average Bonchev–Trinajstić information content (AvgIpc) is 2.58. The largest absolute Gasteiger partial charge is 0.350 e.